The van der Waals surface area contributed by atoms with Crippen LogP contribution in [0.25, 0.3) is 0 Å². The lowest BCUT2D eigenvalue weighted by molar-refractivity contribution is 0.102. The summed E-state index contributed by atoms with van der Waals surface area (Å²) in [5.74, 6) is -1.01. The molecule has 104 valence electrons. The molecule has 0 fully saturated rings. The van der Waals surface area contributed by atoms with Gasteiger partial charge >= 0.3 is 0 Å². The van der Waals surface area contributed by atoms with Gasteiger partial charge < -0.3 is 11.1 Å². The second-order valence-corrected chi connectivity index (χ2v) is 4.72. The van der Waals surface area contributed by atoms with E-state index in [0.29, 0.717) is 16.8 Å². The van der Waals surface area contributed by atoms with Gasteiger partial charge in [-0.25, -0.2) is 4.39 Å². The average Bonchev–Trinajstić information content (AvgIpc) is 2.72. The molecule has 0 saturated heterocycles. The molecule has 1 aromatic carbocycles. The van der Waals surface area contributed by atoms with E-state index in [0.717, 1.165) is 0 Å². The first kappa shape index (κ1) is 14.1. The summed E-state index contributed by atoms with van der Waals surface area (Å²) >= 11 is 4.76. The lowest BCUT2D eigenvalue weighted by Crippen LogP contribution is -2.15. The zero-order chi connectivity index (χ0) is 14.9. The number of thiocarbonyl (C=S) groups is 1. The van der Waals surface area contributed by atoms with E-state index in [1.165, 1.54) is 18.3 Å². The fraction of sp³-hybridized carbons (Fsp3) is 0.154. The van der Waals surface area contributed by atoms with Crippen LogP contribution in [0.4, 0.5) is 10.1 Å². The zero-order valence-electron chi connectivity index (χ0n) is 11.0. The van der Waals surface area contributed by atoms with E-state index in [-0.39, 0.29) is 10.7 Å². The van der Waals surface area contributed by atoms with Crippen molar-refractivity contribution in [3.05, 3.63) is 47.0 Å². The van der Waals surface area contributed by atoms with Crippen LogP contribution in [0.2, 0.25) is 0 Å². The van der Waals surface area contributed by atoms with Crippen molar-refractivity contribution < 1.29 is 9.18 Å². The minimum Gasteiger partial charge on any atom is -0.389 e. The Morgan fingerprint density at radius 1 is 1.50 bits per heavy atom. The molecule has 1 aromatic heterocycles. The Balaban J connectivity index is 2.24. The Morgan fingerprint density at radius 3 is 2.70 bits per heavy atom. The third-order valence-electron chi connectivity index (χ3n) is 2.98. The molecule has 0 radical (unpaired) electrons. The number of aryl methyl sites for hydroxylation is 1. The number of hydrogen-bond acceptors (Lipinski definition) is 3. The van der Waals surface area contributed by atoms with Crippen molar-refractivity contribution >= 4 is 28.8 Å². The maximum Gasteiger partial charge on any atom is 0.259 e. The van der Waals surface area contributed by atoms with Crippen molar-refractivity contribution in [2.75, 3.05) is 5.32 Å². The molecule has 20 heavy (non-hydrogen) atoms. The Bertz CT molecular complexity index is 696. The third-order valence-corrected chi connectivity index (χ3v) is 3.22. The van der Waals surface area contributed by atoms with Gasteiger partial charge in [0.2, 0.25) is 0 Å². The first-order chi connectivity index (χ1) is 9.40. The minimum atomic E-state index is -0.592. The molecule has 3 N–H and O–H groups in total. The number of anilines is 1. The monoisotopic (exact) mass is 292 g/mol. The van der Waals surface area contributed by atoms with Crippen LogP contribution < -0.4 is 11.1 Å². The Morgan fingerprint density at radius 2 is 2.20 bits per heavy atom. The summed E-state index contributed by atoms with van der Waals surface area (Å²) in [4.78, 5) is 12.1. The van der Waals surface area contributed by atoms with Gasteiger partial charge in [-0.2, -0.15) is 5.10 Å². The van der Waals surface area contributed by atoms with E-state index < -0.39 is 11.7 Å². The van der Waals surface area contributed by atoms with Gasteiger partial charge in [-0.3, -0.25) is 9.48 Å². The lowest BCUT2D eigenvalue weighted by Gasteiger charge is -2.07. The summed E-state index contributed by atoms with van der Waals surface area (Å²) in [5.41, 5.74) is 6.98. The number of hydrogen-bond donors (Lipinski definition) is 2. The topological polar surface area (TPSA) is 72.9 Å². The molecule has 5 nitrogen and oxygen atoms in total. The molecule has 0 saturated carbocycles. The third kappa shape index (κ3) is 2.67. The van der Waals surface area contributed by atoms with Crippen molar-refractivity contribution in [1.82, 2.24) is 9.78 Å². The van der Waals surface area contributed by atoms with Gasteiger partial charge in [-0.1, -0.05) is 12.2 Å². The molecule has 0 aliphatic carbocycles. The molecule has 0 bridgehead atoms. The van der Waals surface area contributed by atoms with E-state index in [1.54, 1.807) is 24.7 Å². The number of nitrogens with one attached hydrogen (secondary N) is 1. The summed E-state index contributed by atoms with van der Waals surface area (Å²) in [7, 11) is 1.73. The number of halogens is 1. The molecule has 0 unspecified atom stereocenters. The minimum absolute atomic E-state index is 0.0678. The highest BCUT2D eigenvalue weighted by atomic mass is 32.1. The van der Waals surface area contributed by atoms with Crippen LogP contribution in [0, 0.1) is 12.7 Å². The highest BCUT2D eigenvalue weighted by Crippen LogP contribution is 2.17. The molecule has 1 heterocycles. The van der Waals surface area contributed by atoms with Gasteiger partial charge in [0.15, 0.2) is 0 Å². The van der Waals surface area contributed by atoms with E-state index in [1.807, 2.05) is 0 Å². The fourth-order valence-corrected chi connectivity index (χ4v) is 1.81. The van der Waals surface area contributed by atoms with Crippen LogP contribution in [-0.2, 0) is 7.05 Å². The molecule has 1 amide bonds. The molecule has 0 aliphatic heterocycles. The number of aromatic nitrogens is 2. The number of amides is 1. The molecule has 2 aromatic rings. The summed E-state index contributed by atoms with van der Waals surface area (Å²) in [6, 6.07) is 4.17. The predicted octanol–water partition coefficient (Wildman–Crippen LogP) is 1.75. The number of carbonyl (C=O) groups excluding carboxylic acids is 1. The number of rotatable bonds is 3. The highest BCUT2D eigenvalue weighted by molar-refractivity contribution is 7.80. The fourth-order valence-electron chi connectivity index (χ4n) is 1.68. The van der Waals surface area contributed by atoms with Gasteiger partial charge in [-0.05, 0) is 25.1 Å². The van der Waals surface area contributed by atoms with Crippen LogP contribution in [-0.4, -0.2) is 20.7 Å². The van der Waals surface area contributed by atoms with Gasteiger partial charge in [0, 0.05) is 18.3 Å². The van der Waals surface area contributed by atoms with Gasteiger partial charge in [-0.15, -0.1) is 0 Å². The van der Waals surface area contributed by atoms with Crippen LogP contribution in [0.1, 0.15) is 21.6 Å². The number of benzene rings is 1. The Hall–Kier alpha value is -2.28. The normalized spacial score (nSPS) is 10.3. The van der Waals surface area contributed by atoms with Crippen LogP contribution in [0.5, 0.6) is 0 Å². The summed E-state index contributed by atoms with van der Waals surface area (Å²) in [6.07, 6.45) is 1.44. The standard InChI is InChI=1S/C13H13FN4OS/c1-7-9(6-16-18(7)2)13(19)17-11-4-3-8(12(15)20)5-10(11)14/h3-6H,1-2H3,(H2,15,20)(H,17,19). The van der Waals surface area contributed by atoms with Crippen LogP contribution in [0.15, 0.2) is 24.4 Å². The first-order valence-electron chi connectivity index (χ1n) is 5.79. The molecule has 7 heteroatoms. The quantitative estimate of drug-likeness (QED) is 0.845. The molecule has 0 aliphatic rings. The second kappa shape index (κ2) is 5.38. The molecule has 2 rings (SSSR count). The largest absolute Gasteiger partial charge is 0.389 e. The van der Waals surface area contributed by atoms with E-state index in [4.69, 9.17) is 18.0 Å². The van der Waals surface area contributed by atoms with Gasteiger partial charge in [0.25, 0.3) is 5.91 Å². The van der Waals surface area contributed by atoms with E-state index in [9.17, 15) is 9.18 Å². The molecular formula is C13H13FN4OS. The van der Waals surface area contributed by atoms with Crippen molar-refractivity contribution in [2.45, 2.75) is 6.92 Å². The summed E-state index contributed by atoms with van der Waals surface area (Å²) in [5, 5.41) is 6.46. The van der Waals surface area contributed by atoms with Gasteiger partial charge in [0.1, 0.15) is 10.8 Å². The van der Waals surface area contributed by atoms with Gasteiger partial charge in [0.05, 0.1) is 17.4 Å². The van der Waals surface area contributed by atoms with E-state index in [2.05, 4.69) is 10.4 Å². The summed E-state index contributed by atoms with van der Waals surface area (Å²) in [6.45, 7) is 1.76. The maximum absolute atomic E-state index is 13.8. The number of nitrogens with zero attached hydrogens (tertiary/aromatic N) is 2. The molecule has 0 spiro atoms. The Labute approximate surface area is 120 Å². The van der Waals surface area contributed by atoms with E-state index >= 15 is 0 Å². The van der Waals surface area contributed by atoms with Crippen LogP contribution >= 0.6 is 12.2 Å². The SMILES string of the molecule is Cc1c(C(=O)Nc2ccc(C(N)=S)cc2F)cnn1C. The average molecular weight is 292 g/mol. The number of nitrogens with two attached hydrogens (primary N) is 1. The van der Waals surface area contributed by atoms with Crippen molar-refractivity contribution in [3.63, 3.8) is 0 Å². The maximum atomic E-state index is 13.8. The van der Waals surface area contributed by atoms with Crippen LogP contribution in [0.3, 0.4) is 0 Å². The number of carbonyl (C=O) groups is 1. The first-order valence-corrected chi connectivity index (χ1v) is 6.20. The lowest BCUT2D eigenvalue weighted by atomic mass is 10.2. The summed E-state index contributed by atoms with van der Waals surface area (Å²) < 4.78 is 15.4. The molecule has 0 atom stereocenters. The highest BCUT2D eigenvalue weighted by Gasteiger charge is 2.15. The van der Waals surface area contributed by atoms with Crippen molar-refractivity contribution in [3.8, 4) is 0 Å². The Kier molecular flexibility index (Phi) is 3.80. The zero-order valence-corrected chi connectivity index (χ0v) is 11.8. The smallest absolute Gasteiger partial charge is 0.259 e. The van der Waals surface area contributed by atoms with Crippen molar-refractivity contribution in [2.24, 2.45) is 12.8 Å². The van der Waals surface area contributed by atoms with Crippen molar-refractivity contribution in [1.29, 1.82) is 0 Å². The molecular weight excluding hydrogens is 279 g/mol. The predicted molar refractivity (Wildman–Crippen MR) is 78.2 cm³/mol. The second-order valence-electron chi connectivity index (χ2n) is 4.28.